The third kappa shape index (κ3) is 11.9. The molecular weight excluding hydrogens is 358 g/mol. The highest BCUT2D eigenvalue weighted by molar-refractivity contribution is 4.55. The molecule has 1 rings (SSSR count). The van der Waals surface area contributed by atoms with Gasteiger partial charge >= 0.3 is 0 Å². The Morgan fingerprint density at radius 3 is 1.38 bits per heavy atom. The monoisotopic (exact) mass is 403 g/mol. The lowest BCUT2D eigenvalue weighted by atomic mass is 10.0. The summed E-state index contributed by atoms with van der Waals surface area (Å²) in [4.78, 5) is 0. The van der Waals surface area contributed by atoms with E-state index < -0.39 is 0 Å². The molecule has 1 aliphatic heterocycles. The number of unbranched alkanes of at least 4 members (excludes halogenated alkanes) is 12. The van der Waals surface area contributed by atoms with Crippen molar-refractivity contribution >= 4 is 0 Å². The first-order valence-corrected chi connectivity index (χ1v) is 11.2. The number of piperidine rings is 1. The maximum Gasteiger partial charge on any atom is 0.0786 e. The van der Waals surface area contributed by atoms with Gasteiger partial charge in [0.1, 0.15) is 0 Å². The van der Waals surface area contributed by atoms with Crippen molar-refractivity contribution in [1.29, 1.82) is 0 Å². The number of likely N-dealkylation sites (tertiary alicyclic amines) is 1. The molecule has 1 heterocycles. The van der Waals surface area contributed by atoms with E-state index in [1.165, 1.54) is 133 Å². The minimum absolute atomic E-state index is 0. The molecule has 1 fully saturated rings. The first-order chi connectivity index (χ1) is 11.3. The van der Waals surface area contributed by atoms with Crippen LogP contribution in [0.4, 0.5) is 0 Å². The zero-order chi connectivity index (χ0) is 16.6. The third-order valence-corrected chi connectivity index (χ3v) is 6.17. The molecule has 0 aromatic heterocycles. The average molecular weight is 405 g/mol. The standard InChI is InChI=1S/C22H46N.BrH/c1-3-5-6-7-8-9-10-11-12-13-14-15-17-20-23(4-2)21-18-16-19-22-23;/h3-22H2,1-2H3;1H/q+1;/p-1. The van der Waals surface area contributed by atoms with E-state index in [2.05, 4.69) is 13.8 Å². The van der Waals surface area contributed by atoms with E-state index in [9.17, 15) is 0 Å². The molecule has 146 valence electrons. The molecule has 0 amide bonds. The summed E-state index contributed by atoms with van der Waals surface area (Å²) in [6.45, 7) is 10.5. The minimum atomic E-state index is 0. The predicted octanol–water partition coefficient (Wildman–Crippen LogP) is 4.10. The molecule has 24 heavy (non-hydrogen) atoms. The van der Waals surface area contributed by atoms with Crippen LogP contribution >= 0.6 is 0 Å². The molecule has 0 unspecified atom stereocenters. The van der Waals surface area contributed by atoms with E-state index in [1.807, 2.05) is 0 Å². The second-order valence-electron chi connectivity index (χ2n) is 8.13. The van der Waals surface area contributed by atoms with Gasteiger partial charge in [-0.3, -0.25) is 0 Å². The molecule has 0 aromatic carbocycles. The summed E-state index contributed by atoms with van der Waals surface area (Å²) >= 11 is 0. The maximum atomic E-state index is 2.41. The quantitative estimate of drug-likeness (QED) is 0.285. The highest BCUT2D eigenvalue weighted by atomic mass is 79.9. The number of rotatable bonds is 15. The number of halogens is 1. The summed E-state index contributed by atoms with van der Waals surface area (Å²) in [6.07, 6.45) is 23.6. The summed E-state index contributed by atoms with van der Waals surface area (Å²) in [5.74, 6) is 0. The number of quaternary nitrogens is 1. The topological polar surface area (TPSA) is 0 Å². The molecule has 2 heteroatoms. The molecule has 0 N–H and O–H groups in total. The second kappa shape index (κ2) is 16.9. The van der Waals surface area contributed by atoms with Crippen LogP contribution in [0.25, 0.3) is 0 Å². The summed E-state index contributed by atoms with van der Waals surface area (Å²) in [5.41, 5.74) is 0. The Morgan fingerprint density at radius 2 is 0.958 bits per heavy atom. The average Bonchev–Trinajstić information content (AvgIpc) is 2.60. The van der Waals surface area contributed by atoms with E-state index in [-0.39, 0.29) is 17.0 Å². The van der Waals surface area contributed by atoms with Gasteiger partial charge in [-0.05, 0) is 39.0 Å². The zero-order valence-electron chi connectivity index (χ0n) is 17.0. The molecule has 0 aromatic rings. The summed E-state index contributed by atoms with van der Waals surface area (Å²) < 4.78 is 1.44. The van der Waals surface area contributed by atoms with Crippen molar-refractivity contribution in [3.63, 3.8) is 0 Å². The largest absolute Gasteiger partial charge is 1.00 e. The van der Waals surface area contributed by atoms with Gasteiger partial charge in [-0.1, -0.05) is 77.6 Å². The van der Waals surface area contributed by atoms with Crippen LogP contribution in [-0.4, -0.2) is 30.7 Å². The Hall–Kier alpha value is 0.440. The normalized spacial score (nSPS) is 16.8. The summed E-state index contributed by atoms with van der Waals surface area (Å²) in [7, 11) is 0. The van der Waals surface area contributed by atoms with Gasteiger partial charge in [0, 0.05) is 0 Å². The van der Waals surface area contributed by atoms with Gasteiger partial charge in [-0.2, -0.15) is 0 Å². The van der Waals surface area contributed by atoms with E-state index in [1.54, 1.807) is 0 Å². The molecule has 0 radical (unpaired) electrons. The Kier molecular flexibility index (Phi) is 17.2. The van der Waals surface area contributed by atoms with Crippen molar-refractivity contribution in [2.45, 2.75) is 117 Å². The second-order valence-corrected chi connectivity index (χ2v) is 8.13. The van der Waals surface area contributed by atoms with E-state index in [4.69, 9.17) is 0 Å². The van der Waals surface area contributed by atoms with Crippen molar-refractivity contribution < 1.29 is 21.5 Å². The lowest BCUT2D eigenvalue weighted by Crippen LogP contribution is -3.00. The molecule has 0 bridgehead atoms. The van der Waals surface area contributed by atoms with Crippen molar-refractivity contribution in [2.24, 2.45) is 0 Å². The highest BCUT2D eigenvalue weighted by Crippen LogP contribution is 2.20. The lowest BCUT2D eigenvalue weighted by Gasteiger charge is -2.41. The van der Waals surface area contributed by atoms with Crippen molar-refractivity contribution in [3.8, 4) is 0 Å². The first-order valence-electron chi connectivity index (χ1n) is 11.2. The summed E-state index contributed by atoms with van der Waals surface area (Å²) in [5, 5.41) is 0. The predicted molar refractivity (Wildman–Crippen MR) is 105 cm³/mol. The maximum absolute atomic E-state index is 2.41. The van der Waals surface area contributed by atoms with Gasteiger partial charge in [0.25, 0.3) is 0 Å². The summed E-state index contributed by atoms with van der Waals surface area (Å²) in [6, 6.07) is 0. The van der Waals surface area contributed by atoms with Crippen LogP contribution in [0.5, 0.6) is 0 Å². The fourth-order valence-corrected chi connectivity index (χ4v) is 4.35. The van der Waals surface area contributed by atoms with Gasteiger partial charge in [0.05, 0.1) is 26.2 Å². The Bertz CT molecular complexity index is 248. The van der Waals surface area contributed by atoms with Crippen molar-refractivity contribution in [3.05, 3.63) is 0 Å². The minimum Gasteiger partial charge on any atom is -1.00 e. The number of hydrogen-bond donors (Lipinski definition) is 0. The van der Waals surface area contributed by atoms with Crippen LogP contribution in [0.3, 0.4) is 0 Å². The van der Waals surface area contributed by atoms with Gasteiger partial charge in [-0.25, -0.2) is 0 Å². The SMILES string of the molecule is CCCCCCCCCCCCCCC[N+]1(CC)CCCCC1.[Br-]. The fraction of sp³-hybridized carbons (Fsp3) is 1.00. The van der Waals surface area contributed by atoms with E-state index in [0.717, 1.165) is 0 Å². The number of hydrogen-bond acceptors (Lipinski definition) is 0. The molecule has 0 saturated carbocycles. The molecule has 0 atom stereocenters. The fourth-order valence-electron chi connectivity index (χ4n) is 4.35. The van der Waals surface area contributed by atoms with Gasteiger partial charge in [0.15, 0.2) is 0 Å². The number of nitrogens with zero attached hydrogens (tertiary/aromatic N) is 1. The van der Waals surface area contributed by atoms with E-state index in [0.29, 0.717) is 0 Å². The van der Waals surface area contributed by atoms with Crippen LogP contribution in [-0.2, 0) is 0 Å². The van der Waals surface area contributed by atoms with Crippen LogP contribution in [0.15, 0.2) is 0 Å². The van der Waals surface area contributed by atoms with Gasteiger partial charge < -0.3 is 21.5 Å². The Balaban J connectivity index is 0.00000529. The molecule has 1 nitrogen and oxygen atoms in total. The van der Waals surface area contributed by atoms with Crippen LogP contribution in [0.1, 0.15) is 117 Å². The van der Waals surface area contributed by atoms with Crippen molar-refractivity contribution in [1.82, 2.24) is 0 Å². The first kappa shape index (κ1) is 24.4. The van der Waals surface area contributed by atoms with Crippen LogP contribution in [0.2, 0.25) is 0 Å². The third-order valence-electron chi connectivity index (χ3n) is 6.17. The van der Waals surface area contributed by atoms with E-state index >= 15 is 0 Å². The van der Waals surface area contributed by atoms with Gasteiger partial charge in [-0.15, -0.1) is 0 Å². The van der Waals surface area contributed by atoms with Crippen molar-refractivity contribution in [2.75, 3.05) is 26.2 Å². The Labute approximate surface area is 164 Å². The molecule has 0 spiro atoms. The molecule has 0 aliphatic carbocycles. The molecular formula is C22H46BrN. The zero-order valence-corrected chi connectivity index (χ0v) is 18.6. The lowest BCUT2D eigenvalue weighted by molar-refractivity contribution is -0.931. The van der Waals surface area contributed by atoms with Crippen LogP contribution in [0, 0.1) is 0 Å². The van der Waals surface area contributed by atoms with Crippen LogP contribution < -0.4 is 17.0 Å². The highest BCUT2D eigenvalue weighted by Gasteiger charge is 2.26. The smallest absolute Gasteiger partial charge is 0.0786 e. The molecule has 1 aliphatic rings. The molecule has 1 saturated heterocycles. The Morgan fingerprint density at radius 1 is 0.542 bits per heavy atom. The van der Waals surface area contributed by atoms with Gasteiger partial charge in [0.2, 0.25) is 0 Å².